The number of sulfonamides is 1. The molecule has 0 bridgehead atoms. The number of hydrogen-bond acceptors (Lipinski definition) is 4. The molecule has 1 aromatic rings. The van der Waals surface area contributed by atoms with Gasteiger partial charge in [-0.1, -0.05) is 13.8 Å². The highest BCUT2D eigenvalue weighted by Gasteiger charge is 2.36. The summed E-state index contributed by atoms with van der Waals surface area (Å²) < 4.78 is 27.1. The zero-order valence-corrected chi connectivity index (χ0v) is 13.5. The molecule has 1 aliphatic heterocycles. The van der Waals surface area contributed by atoms with E-state index in [0.29, 0.717) is 35.4 Å². The van der Waals surface area contributed by atoms with Crippen LogP contribution in [0.4, 0.5) is 0 Å². The number of H-pyrrole nitrogens is 1. The lowest BCUT2D eigenvalue weighted by Crippen LogP contribution is -2.38. The summed E-state index contributed by atoms with van der Waals surface area (Å²) in [5, 5.41) is 6.76. The molecule has 1 aliphatic rings. The number of nitrogens with one attached hydrogen (secondary N) is 1. The first kappa shape index (κ1) is 15.5. The van der Waals surface area contributed by atoms with E-state index >= 15 is 0 Å². The fourth-order valence-electron chi connectivity index (χ4n) is 3.02. The van der Waals surface area contributed by atoms with E-state index in [9.17, 15) is 8.42 Å². The van der Waals surface area contributed by atoms with Crippen LogP contribution in [-0.2, 0) is 10.0 Å². The SMILES string of the molecule is CCN(CC)C1CCN(S(=O)(=O)c2c(C)n[nH]c2C)C1. The largest absolute Gasteiger partial charge is 0.300 e. The van der Waals surface area contributed by atoms with E-state index in [-0.39, 0.29) is 0 Å². The van der Waals surface area contributed by atoms with Gasteiger partial charge in [0.2, 0.25) is 10.0 Å². The Morgan fingerprint density at radius 3 is 2.50 bits per heavy atom. The maximum absolute atomic E-state index is 12.7. The van der Waals surface area contributed by atoms with Crippen molar-refractivity contribution in [2.75, 3.05) is 26.2 Å². The van der Waals surface area contributed by atoms with Crippen LogP contribution in [-0.4, -0.2) is 60.0 Å². The molecule has 1 atom stereocenters. The summed E-state index contributed by atoms with van der Waals surface area (Å²) in [6.45, 7) is 10.8. The Labute approximate surface area is 121 Å². The van der Waals surface area contributed by atoms with E-state index in [4.69, 9.17) is 0 Å². The minimum Gasteiger partial charge on any atom is -0.300 e. The lowest BCUT2D eigenvalue weighted by Gasteiger charge is -2.26. The van der Waals surface area contributed by atoms with Gasteiger partial charge in [0, 0.05) is 19.1 Å². The highest BCUT2D eigenvalue weighted by atomic mass is 32.2. The Kier molecular flexibility index (Phi) is 4.51. The third kappa shape index (κ3) is 2.62. The van der Waals surface area contributed by atoms with Gasteiger partial charge in [0.1, 0.15) is 4.90 Å². The molecule has 0 spiro atoms. The molecular weight excluding hydrogens is 276 g/mol. The Morgan fingerprint density at radius 2 is 2.00 bits per heavy atom. The number of aromatic nitrogens is 2. The number of hydrogen-bond donors (Lipinski definition) is 1. The number of nitrogens with zero attached hydrogens (tertiary/aromatic N) is 3. The Balaban J connectivity index is 2.21. The average Bonchev–Trinajstić information content (AvgIpc) is 2.99. The molecule has 1 saturated heterocycles. The van der Waals surface area contributed by atoms with Gasteiger partial charge in [0.25, 0.3) is 0 Å². The first-order chi connectivity index (χ1) is 9.41. The van der Waals surface area contributed by atoms with Gasteiger partial charge in [-0.15, -0.1) is 0 Å². The highest BCUT2D eigenvalue weighted by Crippen LogP contribution is 2.26. The van der Waals surface area contributed by atoms with Crippen LogP contribution >= 0.6 is 0 Å². The standard InChI is InChI=1S/C13H24N4O2S/c1-5-16(6-2)12-7-8-17(9-12)20(18,19)13-10(3)14-15-11(13)4/h12H,5-9H2,1-4H3,(H,14,15). The number of aromatic amines is 1. The Morgan fingerprint density at radius 1 is 1.35 bits per heavy atom. The van der Waals surface area contributed by atoms with Crippen molar-refractivity contribution in [1.82, 2.24) is 19.4 Å². The maximum atomic E-state index is 12.7. The summed E-state index contributed by atoms with van der Waals surface area (Å²) >= 11 is 0. The zero-order chi connectivity index (χ0) is 14.9. The smallest absolute Gasteiger partial charge is 0.246 e. The molecule has 2 heterocycles. The minimum atomic E-state index is -3.43. The van der Waals surface area contributed by atoms with Crippen LogP contribution in [0, 0.1) is 13.8 Å². The maximum Gasteiger partial charge on any atom is 0.246 e. The Hall–Kier alpha value is -0.920. The predicted octanol–water partition coefficient (Wildman–Crippen LogP) is 1.13. The topological polar surface area (TPSA) is 69.3 Å². The van der Waals surface area contributed by atoms with Crippen molar-refractivity contribution in [3.05, 3.63) is 11.4 Å². The molecule has 0 aromatic carbocycles. The van der Waals surface area contributed by atoms with Crippen LogP contribution in [0.3, 0.4) is 0 Å². The molecule has 0 aliphatic carbocycles. The second-order valence-electron chi connectivity index (χ2n) is 5.29. The predicted molar refractivity (Wildman–Crippen MR) is 78.1 cm³/mol. The summed E-state index contributed by atoms with van der Waals surface area (Å²) in [4.78, 5) is 2.67. The normalized spacial score (nSPS) is 20.9. The van der Waals surface area contributed by atoms with Crippen LogP contribution in [0.5, 0.6) is 0 Å². The quantitative estimate of drug-likeness (QED) is 0.885. The van der Waals surface area contributed by atoms with E-state index in [1.807, 2.05) is 0 Å². The van der Waals surface area contributed by atoms with Crippen LogP contribution < -0.4 is 0 Å². The van der Waals surface area contributed by atoms with Gasteiger partial charge >= 0.3 is 0 Å². The third-order valence-corrected chi connectivity index (χ3v) is 6.24. The molecule has 1 N–H and O–H groups in total. The van der Waals surface area contributed by atoms with Crippen molar-refractivity contribution in [3.63, 3.8) is 0 Å². The molecule has 0 amide bonds. The number of aryl methyl sites for hydroxylation is 2. The molecule has 7 heteroatoms. The van der Waals surface area contributed by atoms with Gasteiger partial charge < -0.3 is 0 Å². The van der Waals surface area contributed by atoms with E-state index in [1.54, 1.807) is 18.2 Å². The second-order valence-corrected chi connectivity index (χ2v) is 7.16. The fourth-order valence-corrected chi connectivity index (χ4v) is 4.84. The molecule has 1 aromatic heterocycles. The second kappa shape index (κ2) is 5.83. The molecule has 114 valence electrons. The van der Waals surface area contributed by atoms with Gasteiger partial charge in [-0.3, -0.25) is 10.00 Å². The van der Waals surface area contributed by atoms with Crippen LogP contribution in [0.25, 0.3) is 0 Å². The molecule has 20 heavy (non-hydrogen) atoms. The Bertz CT molecular complexity index is 543. The van der Waals surface area contributed by atoms with Crippen molar-refractivity contribution < 1.29 is 8.42 Å². The summed E-state index contributed by atoms with van der Waals surface area (Å²) in [6.07, 6.45) is 0.900. The molecule has 0 saturated carbocycles. The zero-order valence-electron chi connectivity index (χ0n) is 12.7. The third-order valence-electron chi connectivity index (χ3n) is 4.11. The molecule has 6 nitrogen and oxygen atoms in total. The van der Waals surface area contributed by atoms with Crippen LogP contribution in [0.2, 0.25) is 0 Å². The highest BCUT2D eigenvalue weighted by molar-refractivity contribution is 7.89. The van der Waals surface area contributed by atoms with Crippen molar-refractivity contribution >= 4 is 10.0 Å². The average molecular weight is 300 g/mol. The summed E-state index contributed by atoms with van der Waals surface area (Å²) in [7, 11) is -3.43. The van der Waals surface area contributed by atoms with Gasteiger partial charge in [0.05, 0.1) is 11.4 Å². The van der Waals surface area contributed by atoms with Crippen LogP contribution in [0.15, 0.2) is 4.90 Å². The lowest BCUT2D eigenvalue weighted by atomic mass is 10.2. The fraction of sp³-hybridized carbons (Fsp3) is 0.769. The van der Waals surface area contributed by atoms with E-state index in [2.05, 4.69) is 28.9 Å². The van der Waals surface area contributed by atoms with Crippen molar-refractivity contribution in [2.45, 2.75) is 45.1 Å². The first-order valence-electron chi connectivity index (χ1n) is 7.17. The van der Waals surface area contributed by atoms with E-state index < -0.39 is 10.0 Å². The van der Waals surface area contributed by atoms with E-state index in [1.165, 1.54) is 0 Å². The molecule has 2 rings (SSSR count). The monoisotopic (exact) mass is 300 g/mol. The van der Waals surface area contributed by atoms with Crippen molar-refractivity contribution in [3.8, 4) is 0 Å². The van der Waals surface area contributed by atoms with Gasteiger partial charge in [-0.05, 0) is 33.4 Å². The van der Waals surface area contributed by atoms with Crippen LogP contribution in [0.1, 0.15) is 31.7 Å². The van der Waals surface area contributed by atoms with Gasteiger partial charge in [-0.2, -0.15) is 9.40 Å². The van der Waals surface area contributed by atoms with E-state index in [0.717, 1.165) is 19.5 Å². The van der Waals surface area contributed by atoms with Crippen molar-refractivity contribution in [2.24, 2.45) is 0 Å². The molecular formula is C13H24N4O2S. The van der Waals surface area contributed by atoms with Gasteiger partial charge in [0.15, 0.2) is 0 Å². The molecule has 1 fully saturated rings. The summed E-state index contributed by atoms with van der Waals surface area (Å²) in [6, 6.07) is 0.326. The number of rotatable bonds is 5. The van der Waals surface area contributed by atoms with Crippen molar-refractivity contribution in [1.29, 1.82) is 0 Å². The minimum absolute atomic E-state index is 0.326. The number of likely N-dealkylation sites (N-methyl/N-ethyl adjacent to an activating group) is 1. The van der Waals surface area contributed by atoms with Gasteiger partial charge in [-0.25, -0.2) is 8.42 Å². The lowest BCUT2D eigenvalue weighted by molar-refractivity contribution is 0.224. The summed E-state index contributed by atoms with van der Waals surface area (Å²) in [5.74, 6) is 0. The molecule has 1 unspecified atom stereocenters. The summed E-state index contributed by atoms with van der Waals surface area (Å²) in [5.41, 5.74) is 1.17. The molecule has 0 radical (unpaired) electrons. The first-order valence-corrected chi connectivity index (χ1v) is 8.61.